The molecule has 138 valence electrons. The smallest absolute Gasteiger partial charge is 0.242 e. The number of aryl methyl sites for hydroxylation is 1. The lowest BCUT2D eigenvalue weighted by atomic mass is 10.1. The summed E-state index contributed by atoms with van der Waals surface area (Å²) in [4.78, 5) is 12.3. The van der Waals surface area contributed by atoms with E-state index in [0.29, 0.717) is 5.69 Å². The highest BCUT2D eigenvalue weighted by atomic mass is 32.2. The predicted octanol–water partition coefficient (Wildman–Crippen LogP) is 2.30. The number of anilines is 1. The average molecular weight is 392 g/mol. The molecule has 26 heavy (non-hydrogen) atoms. The van der Waals surface area contributed by atoms with Crippen LogP contribution in [0.25, 0.3) is 0 Å². The SMILES string of the molecule is Cc1ccccc1CC(=O)NC(=S)Nc1ccc(S(=O)(=O)N(C)C)cc1. The van der Waals surface area contributed by atoms with Crippen molar-refractivity contribution in [1.82, 2.24) is 9.62 Å². The van der Waals surface area contributed by atoms with E-state index >= 15 is 0 Å². The lowest BCUT2D eigenvalue weighted by molar-refractivity contribution is -0.119. The molecule has 2 N–H and O–H groups in total. The number of sulfonamides is 1. The maximum Gasteiger partial charge on any atom is 0.242 e. The Hall–Kier alpha value is -2.29. The Balaban J connectivity index is 1.95. The molecule has 2 aromatic rings. The van der Waals surface area contributed by atoms with Crippen molar-refractivity contribution in [1.29, 1.82) is 0 Å². The Morgan fingerprint density at radius 2 is 1.69 bits per heavy atom. The molecule has 0 atom stereocenters. The van der Waals surface area contributed by atoms with Crippen molar-refractivity contribution in [3.63, 3.8) is 0 Å². The fraction of sp³-hybridized carbons (Fsp3) is 0.222. The van der Waals surface area contributed by atoms with E-state index in [1.54, 1.807) is 12.1 Å². The topological polar surface area (TPSA) is 78.5 Å². The molecule has 6 nitrogen and oxygen atoms in total. The van der Waals surface area contributed by atoms with Gasteiger partial charge in [0.25, 0.3) is 0 Å². The average Bonchev–Trinajstić information content (AvgIpc) is 2.57. The number of nitrogens with zero attached hydrogens (tertiary/aromatic N) is 1. The van der Waals surface area contributed by atoms with Gasteiger partial charge in [-0.15, -0.1) is 0 Å². The van der Waals surface area contributed by atoms with Gasteiger partial charge in [0, 0.05) is 19.8 Å². The van der Waals surface area contributed by atoms with E-state index in [9.17, 15) is 13.2 Å². The molecule has 0 unspecified atom stereocenters. The molecule has 2 rings (SSSR count). The molecule has 0 aliphatic rings. The van der Waals surface area contributed by atoms with Crippen molar-refractivity contribution in [3.05, 3.63) is 59.7 Å². The second-order valence-corrected chi connectivity index (χ2v) is 8.48. The zero-order chi connectivity index (χ0) is 19.3. The first kappa shape index (κ1) is 20.0. The van der Waals surface area contributed by atoms with Crippen LogP contribution in [0.5, 0.6) is 0 Å². The predicted molar refractivity (Wildman–Crippen MR) is 107 cm³/mol. The van der Waals surface area contributed by atoms with Crippen LogP contribution in [0.15, 0.2) is 53.4 Å². The highest BCUT2D eigenvalue weighted by molar-refractivity contribution is 7.89. The van der Waals surface area contributed by atoms with Crippen molar-refractivity contribution in [2.75, 3.05) is 19.4 Å². The van der Waals surface area contributed by atoms with Gasteiger partial charge in [0.1, 0.15) is 0 Å². The van der Waals surface area contributed by atoms with Gasteiger partial charge in [-0.05, 0) is 54.5 Å². The van der Waals surface area contributed by atoms with Gasteiger partial charge in [0.15, 0.2) is 5.11 Å². The minimum Gasteiger partial charge on any atom is -0.332 e. The van der Waals surface area contributed by atoms with Crippen LogP contribution < -0.4 is 10.6 Å². The van der Waals surface area contributed by atoms with Crippen LogP contribution in [-0.4, -0.2) is 37.8 Å². The monoisotopic (exact) mass is 391 g/mol. The summed E-state index contributed by atoms with van der Waals surface area (Å²) in [6.07, 6.45) is 0.231. The fourth-order valence-electron chi connectivity index (χ4n) is 2.24. The number of rotatable bonds is 5. The molecule has 0 saturated heterocycles. The number of carbonyl (C=O) groups is 1. The number of benzene rings is 2. The zero-order valence-corrected chi connectivity index (χ0v) is 16.4. The molecule has 0 radical (unpaired) electrons. The Labute approximate surface area is 159 Å². The number of thiocarbonyl (C=S) groups is 1. The molecule has 0 heterocycles. The molecule has 0 fully saturated rings. The van der Waals surface area contributed by atoms with Crippen LogP contribution in [-0.2, 0) is 21.2 Å². The zero-order valence-electron chi connectivity index (χ0n) is 14.8. The van der Waals surface area contributed by atoms with E-state index < -0.39 is 10.0 Å². The van der Waals surface area contributed by atoms with Gasteiger partial charge in [-0.1, -0.05) is 24.3 Å². The fourth-order valence-corrected chi connectivity index (χ4v) is 3.37. The molecule has 0 bridgehead atoms. The van der Waals surface area contributed by atoms with Gasteiger partial charge in [-0.2, -0.15) is 0 Å². The van der Waals surface area contributed by atoms with Gasteiger partial charge in [-0.25, -0.2) is 12.7 Å². The molecule has 0 saturated carbocycles. The Kier molecular flexibility index (Phi) is 6.47. The molecular weight excluding hydrogens is 370 g/mol. The molecule has 0 aliphatic carbocycles. The maximum absolute atomic E-state index is 12.1. The Morgan fingerprint density at radius 1 is 1.08 bits per heavy atom. The number of hydrogen-bond donors (Lipinski definition) is 2. The third-order valence-corrected chi connectivity index (χ3v) is 5.79. The molecule has 0 spiro atoms. The Bertz CT molecular complexity index is 908. The summed E-state index contributed by atoms with van der Waals surface area (Å²) in [5, 5.41) is 5.65. The first-order valence-corrected chi connectivity index (χ1v) is 9.73. The lowest BCUT2D eigenvalue weighted by Gasteiger charge is -2.13. The summed E-state index contributed by atoms with van der Waals surface area (Å²) >= 11 is 5.14. The van der Waals surface area contributed by atoms with E-state index in [2.05, 4.69) is 10.6 Å². The first-order chi connectivity index (χ1) is 12.2. The van der Waals surface area contributed by atoms with E-state index in [1.807, 2.05) is 31.2 Å². The summed E-state index contributed by atoms with van der Waals surface area (Å²) < 4.78 is 25.2. The molecule has 0 aliphatic heterocycles. The quantitative estimate of drug-likeness (QED) is 0.765. The van der Waals surface area contributed by atoms with Crippen molar-refractivity contribution in [2.45, 2.75) is 18.2 Å². The van der Waals surface area contributed by atoms with Crippen molar-refractivity contribution >= 4 is 38.9 Å². The molecule has 0 aromatic heterocycles. The van der Waals surface area contributed by atoms with Crippen LogP contribution in [0.3, 0.4) is 0 Å². The third kappa shape index (κ3) is 5.10. The largest absolute Gasteiger partial charge is 0.332 e. The maximum atomic E-state index is 12.1. The molecule has 1 amide bonds. The van der Waals surface area contributed by atoms with Gasteiger partial charge in [0.2, 0.25) is 15.9 Å². The van der Waals surface area contributed by atoms with Crippen LogP contribution in [0, 0.1) is 6.92 Å². The van der Waals surface area contributed by atoms with Gasteiger partial charge < -0.3 is 10.6 Å². The van der Waals surface area contributed by atoms with E-state index in [1.165, 1.54) is 26.2 Å². The normalized spacial score (nSPS) is 11.2. The van der Waals surface area contributed by atoms with Crippen molar-refractivity contribution < 1.29 is 13.2 Å². The van der Waals surface area contributed by atoms with E-state index in [4.69, 9.17) is 12.2 Å². The van der Waals surface area contributed by atoms with E-state index in [-0.39, 0.29) is 22.3 Å². The van der Waals surface area contributed by atoms with Crippen LogP contribution in [0.4, 0.5) is 5.69 Å². The highest BCUT2D eigenvalue weighted by Crippen LogP contribution is 2.16. The molecule has 8 heteroatoms. The Morgan fingerprint density at radius 3 is 2.27 bits per heavy atom. The second kappa shape index (κ2) is 8.39. The van der Waals surface area contributed by atoms with Gasteiger partial charge >= 0.3 is 0 Å². The van der Waals surface area contributed by atoms with Crippen LogP contribution >= 0.6 is 12.2 Å². The second-order valence-electron chi connectivity index (χ2n) is 5.92. The summed E-state index contributed by atoms with van der Waals surface area (Å²) in [7, 11) is -0.531. The van der Waals surface area contributed by atoms with E-state index in [0.717, 1.165) is 15.4 Å². The van der Waals surface area contributed by atoms with Gasteiger partial charge in [-0.3, -0.25) is 4.79 Å². The number of carbonyl (C=O) groups excluding carboxylic acids is 1. The molecule has 2 aromatic carbocycles. The summed E-state index contributed by atoms with van der Waals surface area (Å²) in [6.45, 7) is 1.95. The van der Waals surface area contributed by atoms with Crippen molar-refractivity contribution in [3.8, 4) is 0 Å². The van der Waals surface area contributed by atoms with Crippen LogP contribution in [0.2, 0.25) is 0 Å². The summed E-state index contributed by atoms with van der Waals surface area (Å²) in [5.41, 5.74) is 2.56. The van der Waals surface area contributed by atoms with Crippen molar-refractivity contribution in [2.24, 2.45) is 0 Å². The number of nitrogens with one attached hydrogen (secondary N) is 2. The number of amides is 1. The summed E-state index contributed by atoms with van der Waals surface area (Å²) in [5.74, 6) is -0.219. The standard InChI is InChI=1S/C18H21N3O3S2/c1-13-6-4-5-7-14(13)12-17(22)20-18(25)19-15-8-10-16(11-9-15)26(23,24)21(2)3/h4-11H,12H2,1-3H3,(H2,19,20,22,25). The lowest BCUT2D eigenvalue weighted by Crippen LogP contribution is -2.35. The van der Waals surface area contributed by atoms with Crippen LogP contribution in [0.1, 0.15) is 11.1 Å². The summed E-state index contributed by atoms with van der Waals surface area (Å²) in [6, 6.07) is 13.8. The molecular formula is C18H21N3O3S2. The van der Waals surface area contributed by atoms with Gasteiger partial charge in [0.05, 0.1) is 11.3 Å². The minimum atomic E-state index is -3.48. The number of hydrogen-bond acceptors (Lipinski definition) is 4. The highest BCUT2D eigenvalue weighted by Gasteiger charge is 2.16. The third-order valence-electron chi connectivity index (χ3n) is 3.76. The minimum absolute atomic E-state index is 0.159. The first-order valence-electron chi connectivity index (χ1n) is 7.88.